The number of nitrogens with one attached hydrogen (secondary N) is 1. The van der Waals surface area contributed by atoms with Gasteiger partial charge in [-0.3, -0.25) is 5.10 Å². The lowest BCUT2D eigenvalue weighted by atomic mass is 10.1. The number of ether oxygens (including phenoxy) is 2. The number of H-pyrrole nitrogens is 1. The van der Waals surface area contributed by atoms with E-state index >= 15 is 0 Å². The Hall–Kier alpha value is -3.39. The molecule has 0 aliphatic carbocycles. The Balaban J connectivity index is 1.15. The van der Waals surface area contributed by atoms with Crippen LogP contribution >= 0.6 is 0 Å². The Morgan fingerprint density at radius 3 is 2.63 bits per heavy atom. The summed E-state index contributed by atoms with van der Waals surface area (Å²) in [7, 11) is 1.94. The highest BCUT2D eigenvalue weighted by atomic mass is 16.5. The topological polar surface area (TPSA) is 89.3 Å². The molecule has 4 aromatic rings. The van der Waals surface area contributed by atoms with E-state index in [1.807, 2.05) is 48.3 Å². The Morgan fingerprint density at radius 2 is 1.83 bits per heavy atom. The van der Waals surface area contributed by atoms with Crippen LogP contribution in [0.4, 0.5) is 6.01 Å². The second-order valence-corrected chi connectivity index (χ2v) is 6.92. The van der Waals surface area contributed by atoms with Crippen LogP contribution in [0.5, 0.6) is 5.75 Å². The summed E-state index contributed by atoms with van der Waals surface area (Å²) < 4.78 is 17.3. The molecule has 156 valence electrons. The number of nitrogens with zero attached hydrogens (tertiary/aromatic N) is 4. The van der Waals surface area contributed by atoms with E-state index in [9.17, 15) is 0 Å². The fourth-order valence-electron chi connectivity index (χ4n) is 2.98. The van der Waals surface area contributed by atoms with Crippen LogP contribution in [0.1, 0.15) is 11.4 Å². The molecule has 0 bridgehead atoms. The zero-order chi connectivity index (χ0) is 20.6. The van der Waals surface area contributed by atoms with Gasteiger partial charge in [-0.15, -0.1) is 0 Å². The highest BCUT2D eigenvalue weighted by Gasteiger charge is 2.09. The molecule has 2 aromatic heterocycles. The van der Waals surface area contributed by atoms with Crippen LogP contribution in [-0.4, -0.2) is 53.6 Å². The molecule has 2 heterocycles. The third-order valence-electron chi connectivity index (χ3n) is 4.71. The van der Waals surface area contributed by atoms with Crippen molar-refractivity contribution < 1.29 is 13.9 Å². The largest absolute Gasteiger partial charge is 0.492 e. The lowest BCUT2D eigenvalue weighted by molar-refractivity contribution is 0.139. The monoisotopic (exact) mass is 407 g/mol. The number of hydrogen-bond acceptors (Lipinski definition) is 7. The average Bonchev–Trinajstić information content (AvgIpc) is 3.44. The van der Waals surface area contributed by atoms with Gasteiger partial charge in [-0.05, 0) is 36.2 Å². The van der Waals surface area contributed by atoms with Crippen molar-refractivity contribution in [3.63, 3.8) is 0 Å². The van der Waals surface area contributed by atoms with Crippen LogP contribution < -0.4 is 9.64 Å². The molecule has 0 radical (unpaired) electrons. The first kappa shape index (κ1) is 19.9. The molecule has 1 N–H and O–H groups in total. The van der Waals surface area contributed by atoms with Crippen molar-refractivity contribution in [1.29, 1.82) is 0 Å². The van der Waals surface area contributed by atoms with Crippen LogP contribution in [0.25, 0.3) is 11.1 Å². The molecular formula is C22H25N5O3. The van der Waals surface area contributed by atoms with Gasteiger partial charge < -0.3 is 18.8 Å². The molecule has 2 aromatic carbocycles. The van der Waals surface area contributed by atoms with Gasteiger partial charge in [0.15, 0.2) is 5.58 Å². The predicted octanol–water partition coefficient (Wildman–Crippen LogP) is 3.26. The maximum absolute atomic E-state index is 5.85. The van der Waals surface area contributed by atoms with Gasteiger partial charge in [0.2, 0.25) is 0 Å². The molecule has 30 heavy (non-hydrogen) atoms. The number of likely N-dealkylation sites (N-methyl/N-ethyl adjacent to an activating group) is 1. The van der Waals surface area contributed by atoms with Gasteiger partial charge in [0, 0.05) is 13.5 Å². The van der Waals surface area contributed by atoms with Crippen molar-refractivity contribution in [2.75, 3.05) is 38.3 Å². The van der Waals surface area contributed by atoms with Crippen molar-refractivity contribution in [3.05, 3.63) is 66.2 Å². The maximum atomic E-state index is 5.85. The van der Waals surface area contributed by atoms with E-state index in [0.717, 1.165) is 35.5 Å². The summed E-state index contributed by atoms with van der Waals surface area (Å²) in [5.74, 6) is 1.69. The van der Waals surface area contributed by atoms with Crippen LogP contribution in [0.15, 0.2) is 59.3 Å². The van der Waals surface area contributed by atoms with Crippen molar-refractivity contribution in [2.45, 2.75) is 12.8 Å². The molecule has 4 rings (SSSR count). The van der Waals surface area contributed by atoms with E-state index in [1.165, 1.54) is 11.9 Å². The van der Waals surface area contributed by atoms with E-state index < -0.39 is 0 Å². The molecule has 0 amide bonds. The smallest absolute Gasteiger partial charge is 0.298 e. The van der Waals surface area contributed by atoms with Gasteiger partial charge in [-0.1, -0.05) is 24.3 Å². The van der Waals surface area contributed by atoms with Crippen molar-refractivity contribution in [1.82, 2.24) is 20.2 Å². The van der Waals surface area contributed by atoms with Crippen molar-refractivity contribution in [2.24, 2.45) is 0 Å². The van der Waals surface area contributed by atoms with Gasteiger partial charge in [-0.25, -0.2) is 4.98 Å². The normalized spacial score (nSPS) is 11.1. The molecule has 0 unspecified atom stereocenters. The van der Waals surface area contributed by atoms with E-state index in [4.69, 9.17) is 13.9 Å². The van der Waals surface area contributed by atoms with Gasteiger partial charge >= 0.3 is 0 Å². The molecule has 0 saturated carbocycles. The van der Waals surface area contributed by atoms with Gasteiger partial charge in [-0.2, -0.15) is 10.1 Å². The molecule has 0 aliphatic heterocycles. The fraction of sp³-hybridized carbons (Fsp3) is 0.318. The molecule has 0 aliphatic rings. The molecule has 8 nitrogen and oxygen atoms in total. The lowest BCUT2D eigenvalue weighted by Crippen LogP contribution is -2.23. The Bertz CT molecular complexity index is 998. The zero-order valence-electron chi connectivity index (χ0n) is 17.0. The van der Waals surface area contributed by atoms with E-state index in [1.54, 1.807) is 0 Å². The Labute approximate surface area is 174 Å². The molecule has 0 atom stereocenters. The summed E-state index contributed by atoms with van der Waals surface area (Å²) in [6.07, 6.45) is 3.11. The minimum atomic E-state index is 0.541. The highest BCUT2D eigenvalue weighted by Crippen LogP contribution is 2.20. The van der Waals surface area contributed by atoms with Crippen molar-refractivity contribution in [3.8, 4) is 5.75 Å². The van der Waals surface area contributed by atoms with Crippen LogP contribution in [0.2, 0.25) is 0 Å². The molecule has 0 fully saturated rings. The quantitative estimate of drug-likeness (QED) is 0.382. The first-order valence-electron chi connectivity index (χ1n) is 9.98. The number of rotatable bonds is 11. The molecular weight excluding hydrogens is 382 g/mol. The van der Waals surface area contributed by atoms with E-state index in [0.29, 0.717) is 32.4 Å². The van der Waals surface area contributed by atoms with Crippen molar-refractivity contribution >= 4 is 17.1 Å². The first-order chi connectivity index (χ1) is 14.8. The number of para-hydroxylation sites is 2. The number of anilines is 1. The predicted molar refractivity (Wildman–Crippen MR) is 114 cm³/mol. The number of aromatic amines is 1. The van der Waals surface area contributed by atoms with Crippen LogP contribution in [0, 0.1) is 0 Å². The number of fused-ring (bicyclic) bond motifs is 1. The Kier molecular flexibility index (Phi) is 6.56. The third kappa shape index (κ3) is 5.36. The Morgan fingerprint density at radius 1 is 1.00 bits per heavy atom. The number of oxazole rings is 1. The summed E-state index contributed by atoms with van der Waals surface area (Å²) in [6, 6.07) is 16.5. The molecule has 8 heteroatoms. The number of aromatic nitrogens is 4. The maximum Gasteiger partial charge on any atom is 0.298 e. The molecule has 0 saturated heterocycles. The second kappa shape index (κ2) is 9.89. The average molecular weight is 407 g/mol. The summed E-state index contributed by atoms with van der Waals surface area (Å²) >= 11 is 0. The second-order valence-electron chi connectivity index (χ2n) is 6.92. The number of hydrogen-bond donors (Lipinski definition) is 1. The first-order valence-corrected chi connectivity index (χ1v) is 9.98. The van der Waals surface area contributed by atoms with E-state index in [-0.39, 0.29) is 0 Å². The standard InChI is InChI=1S/C22H25N5O3/c1-27(22-25-19-4-2-3-5-20(19)30-22)12-15-29-18-8-6-17(7-9-18)10-13-28-14-11-21-23-16-24-26-21/h2-9,16H,10-15H2,1H3,(H,23,24,26). The van der Waals surface area contributed by atoms with E-state index in [2.05, 4.69) is 32.3 Å². The minimum Gasteiger partial charge on any atom is -0.492 e. The summed E-state index contributed by atoms with van der Waals surface area (Å²) in [4.78, 5) is 10.5. The number of benzene rings is 2. The SMILES string of the molecule is CN(CCOc1ccc(CCOCCc2ncn[nH]2)cc1)c1nc2ccccc2o1. The zero-order valence-corrected chi connectivity index (χ0v) is 17.0. The van der Waals surface area contributed by atoms with Gasteiger partial charge in [0.25, 0.3) is 6.01 Å². The highest BCUT2D eigenvalue weighted by molar-refractivity contribution is 5.74. The lowest BCUT2D eigenvalue weighted by Gasteiger charge is -2.15. The summed E-state index contributed by atoms with van der Waals surface area (Å²) in [5.41, 5.74) is 2.86. The minimum absolute atomic E-state index is 0.541. The van der Waals surface area contributed by atoms with Gasteiger partial charge in [0.05, 0.1) is 19.8 Å². The third-order valence-corrected chi connectivity index (χ3v) is 4.71. The fourth-order valence-corrected chi connectivity index (χ4v) is 2.98. The van der Waals surface area contributed by atoms with Gasteiger partial charge in [0.1, 0.15) is 30.0 Å². The summed E-state index contributed by atoms with van der Waals surface area (Å²) in [5, 5.41) is 6.64. The molecule has 0 spiro atoms. The summed E-state index contributed by atoms with van der Waals surface area (Å²) in [6.45, 7) is 2.51. The van der Waals surface area contributed by atoms with Crippen LogP contribution in [-0.2, 0) is 17.6 Å². The van der Waals surface area contributed by atoms with Crippen LogP contribution in [0.3, 0.4) is 0 Å².